The van der Waals surface area contributed by atoms with E-state index in [1.54, 1.807) is 16.7 Å². The zero-order valence-corrected chi connectivity index (χ0v) is 19.0. The first-order valence-electron chi connectivity index (χ1n) is 10.1. The molecule has 0 radical (unpaired) electrons. The highest BCUT2D eigenvalue weighted by molar-refractivity contribution is 5.43. The molecule has 0 aliphatic heterocycles. The summed E-state index contributed by atoms with van der Waals surface area (Å²) in [6, 6.07) is 0. The molecule has 0 aromatic carbocycles. The van der Waals surface area contributed by atoms with Gasteiger partial charge in [0.05, 0.1) is 0 Å². The van der Waals surface area contributed by atoms with Crippen molar-refractivity contribution < 1.29 is 0 Å². The first-order chi connectivity index (χ1) is 12.1. The maximum atomic E-state index is 2.31. The fourth-order valence-corrected chi connectivity index (χ4v) is 3.52. The minimum absolute atomic E-state index is 0. The smallest absolute Gasteiger partial charge is 0.0102 e. The van der Waals surface area contributed by atoms with Crippen molar-refractivity contribution in [2.24, 2.45) is 0 Å². The van der Waals surface area contributed by atoms with E-state index in [-0.39, 0.29) is 7.43 Å². The van der Waals surface area contributed by atoms with Crippen LogP contribution in [0.1, 0.15) is 102 Å². The Morgan fingerprint density at radius 1 is 0.593 bits per heavy atom. The second kappa shape index (κ2) is 11.3. The van der Waals surface area contributed by atoms with Gasteiger partial charge in [0.1, 0.15) is 0 Å². The van der Waals surface area contributed by atoms with Crippen LogP contribution in [0.15, 0.2) is 67.9 Å². The van der Waals surface area contributed by atoms with Gasteiger partial charge in [-0.3, -0.25) is 0 Å². The second-order valence-electron chi connectivity index (χ2n) is 8.16. The van der Waals surface area contributed by atoms with Crippen LogP contribution in [-0.4, -0.2) is 0 Å². The molecule has 0 unspecified atom stereocenters. The van der Waals surface area contributed by atoms with Crippen molar-refractivity contribution >= 4 is 0 Å². The molecule has 0 heterocycles. The van der Waals surface area contributed by atoms with Crippen LogP contribution in [0.2, 0.25) is 0 Å². The summed E-state index contributed by atoms with van der Waals surface area (Å²) in [5.41, 5.74) is 15.2. The van der Waals surface area contributed by atoms with Gasteiger partial charge in [-0.15, -0.1) is 0 Å². The third-order valence-corrected chi connectivity index (χ3v) is 6.52. The molecule has 152 valence electrons. The molecule has 3 rings (SSSR count). The highest BCUT2D eigenvalue weighted by atomic mass is 14.2. The fourth-order valence-electron chi connectivity index (χ4n) is 3.52. The summed E-state index contributed by atoms with van der Waals surface area (Å²) in [7, 11) is 0. The van der Waals surface area contributed by atoms with Gasteiger partial charge in [0.2, 0.25) is 0 Å². The largest absolute Gasteiger partial charge is 0.0776 e. The van der Waals surface area contributed by atoms with Crippen LogP contribution in [0.3, 0.4) is 0 Å². The SMILES string of the molecule is C.CC1=C(C)C(C)=C(C)C1.CC1=CCC(C)=C1C.CCC1=C(C)C(C)=CC1. The Hall–Kier alpha value is -1.56. The van der Waals surface area contributed by atoms with E-state index in [1.807, 2.05) is 0 Å². The Bertz CT molecular complexity index is 696. The quantitative estimate of drug-likeness (QED) is 0.432. The summed E-state index contributed by atoms with van der Waals surface area (Å²) in [5.74, 6) is 0. The van der Waals surface area contributed by atoms with Gasteiger partial charge in [0.15, 0.2) is 0 Å². The lowest BCUT2D eigenvalue weighted by Gasteiger charge is -1.98. The molecule has 0 aromatic heterocycles. The van der Waals surface area contributed by atoms with Gasteiger partial charge in [-0.05, 0) is 110 Å². The molecule has 27 heavy (non-hydrogen) atoms. The standard InChI is InChI=1S/2C9H14.C8H12.CH4/c1-6-5-7(2)9(4)8(6)3;1-4-9-6-5-7(2)8(9)3;1-6-4-5-7(2)8(6)3;/h5H2,1-4H3;5H,4,6H2,1-3H3;4H,5H2,1-3H3;1H4. The van der Waals surface area contributed by atoms with Crippen molar-refractivity contribution in [1.82, 2.24) is 0 Å². The minimum atomic E-state index is 0. The molecule has 0 atom stereocenters. The summed E-state index contributed by atoms with van der Waals surface area (Å²) < 4.78 is 0. The Morgan fingerprint density at radius 3 is 1.19 bits per heavy atom. The van der Waals surface area contributed by atoms with Gasteiger partial charge in [0.25, 0.3) is 0 Å². The van der Waals surface area contributed by atoms with Gasteiger partial charge < -0.3 is 0 Å². The lowest BCUT2D eigenvalue weighted by Crippen LogP contribution is -1.78. The lowest BCUT2D eigenvalue weighted by molar-refractivity contribution is 1.03. The van der Waals surface area contributed by atoms with E-state index in [2.05, 4.69) is 81.4 Å². The summed E-state index contributed by atoms with van der Waals surface area (Å²) in [4.78, 5) is 0. The molecule has 0 bridgehead atoms. The summed E-state index contributed by atoms with van der Waals surface area (Å²) >= 11 is 0. The van der Waals surface area contributed by atoms with E-state index < -0.39 is 0 Å². The average Bonchev–Trinajstić information content (AvgIpc) is 3.17. The van der Waals surface area contributed by atoms with Crippen LogP contribution >= 0.6 is 0 Å². The van der Waals surface area contributed by atoms with E-state index in [1.165, 1.54) is 64.7 Å². The van der Waals surface area contributed by atoms with Crippen molar-refractivity contribution in [2.75, 3.05) is 0 Å². The molecule has 0 fully saturated rings. The number of rotatable bonds is 1. The predicted molar refractivity (Wildman–Crippen MR) is 126 cm³/mol. The highest BCUT2D eigenvalue weighted by Gasteiger charge is 2.10. The molecular weight excluding hydrogens is 324 g/mol. The Kier molecular flexibility index (Phi) is 10.7. The van der Waals surface area contributed by atoms with Gasteiger partial charge in [-0.25, -0.2) is 0 Å². The molecule has 0 heteroatoms. The van der Waals surface area contributed by atoms with Crippen LogP contribution in [0.4, 0.5) is 0 Å². The van der Waals surface area contributed by atoms with E-state index in [4.69, 9.17) is 0 Å². The van der Waals surface area contributed by atoms with Gasteiger partial charge in [-0.1, -0.05) is 59.9 Å². The number of hydrogen-bond donors (Lipinski definition) is 0. The predicted octanol–water partition coefficient (Wildman–Crippen LogP) is 9.43. The third kappa shape index (κ3) is 6.83. The van der Waals surface area contributed by atoms with E-state index in [9.17, 15) is 0 Å². The van der Waals surface area contributed by atoms with Crippen LogP contribution in [0, 0.1) is 0 Å². The molecule has 3 aliphatic carbocycles. The molecule has 0 spiro atoms. The van der Waals surface area contributed by atoms with E-state index >= 15 is 0 Å². The summed E-state index contributed by atoms with van der Waals surface area (Å²) in [6.07, 6.45) is 9.40. The van der Waals surface area contributed by atoms with E-state index in [0.717, 1.165) is 0 Å². The first kappa shape index (κ1) is 25.4. The van der Waals surface area contributed by atoms with Gasteiger partial charge >= 0.3 is 0 Å². The van der Waals surface area contributed by atoms with Crippen LogP contribution < -0.4 is 0 Å². The van der Waals surface area contributed by atoms with Gasteiger partial charge in [-0.2, -0.15) is 0 Å². The van der Waals surface area contributed by atoms with Crippen LogP contribution in [-0.2, 0) is 0 Å². The van der Waals surface area contributed by atoms with Gasteiger partial charge in [0, 0.05) is 0 Å². The molecule has 0 aromatic rings. The molecule has 3 aliphatic rings. The maximum Gasteiger partial charge on any atom is -0.0102 e. The zero-order valence-electron chi connectivity index (χ0n) is 19.0. The molecule has 0 nitrogen and oxygen atoms in total. The van der Waals surface area contributed by atoms with Crippen molar-refractivity contribution in [2.45, 2.75) is 102 Å². The zero-order chi connectivity index (χ0) is 20.0. The van der Waals surface area contributed by atoms with Crippen molar-refractivity contribution in [1.29, 1.82) is 0 Å². The van der Waals surface area contributed by atoms with Crippen molar-refractivity contribution in [3.63, 3.8) is 0 Å². The summed E-state index contributed by atoms with van der Waals surface area (Å²) in [6.45, 7) is 22.1. The number of allylic oxidation sites excluding steroid dienone is 12. The monoisotopic (exact) mass is 368 g/mol. The Labute approximate surface area is 170 Å². The first-order valence-corrected chi connectivity index (χ1v) is 10.1. The Balaban J connectivity index is 0.000000369. The van der Waals surface area contributed by atoms with E-state index in [0.29, 0.717) is 0 Å². The average molecular weight is 369 g/mol. The third-order valence-electron chi connectivity index (χ3n) is 6.52. The number of hydrogen-bond acceptors (Lipinski definition) is 0. The Morgan fingerprint density at radius 2 is 1.04 bits per heavy atom. The maximum absolute atomic E-state index is 2.31. The molecule has 0 amide bonds. The minimum Gasteiger partial charge on any atom is -0.0776 e. The molecule has 0 N–H and O–H groups in total. The molecule has 0 saturated heterocycles. The van der Waals surface area contributed by atoms with Crippen LogP contribution in [0.5, 0.6) is 0 Å². The fraction of sp³-hybridized carbons (Fsp3) is 0.556. The van der Waals surface area contributed by atoms with Crippen molar-refractivity contribution in [3.8, 4) is 0 Å². The summed E-state index contributed by atoms with van der Waals surface area (Å²) in [5, 5.41) is 0. The van der Waals surface area contributed by atoms with Crippen LogP contribution in [0.25, 0.3) is 0 Å². The topological polar surface area (TPSA) is 0 Å². The normalized spacial score (nSPS) is 18.7. The molecular formula is C27H44. The molecule has 0 saturated carbocycles. The lowest BCUT2D eigenvalue weighted by atomic mass is 10.1. The van der Waals surface area contributed by atoms with Crippen molar-refractivity contribution in [3.05, 3.63) is 67.9 Å². The highest BCUT2D eigenvalue weighted by Crippen LogP contribution is 2.30. The second-order valence-corrected chi connectivity index (χ2v) is 8.16.